The van der Waals surface area contributed by atoms with Gasteiger partial charge < -0.3 is 0 Å². The van der Waals surface area contributed by atoms with Crippen molar-refractivity contribution >= 4 is 31.9 Å². The smallest absolute Gasteiger partial charge is 0.0219 e. The summed E-state index contributed by atoms with van der Waals surface area (Å²) in [6, 6.07) is 0. The van der Waals surface area contributed by atoms with Gasteiger partial charge in [-0.3, -0.25) is 0 Å². The molecule has 4 fully saturated rings. The second kappa shape index (κ2) is 1.42. The van der Waals surface area contributed by atoms with Crippen molar-refractivity contribution in [3.8, 4) is 0 Å². The lowest BCUT2D eigenvalue weighted by Gasteiger charge is -2.08. The van der Waals surface area contributed by atoms with Crippen LogP contribution in [0.1, 0.15) is 6.42 Å². The maximum atomic E-state index is 3.76. The van der Waals surface area contributed by atoms with Crippen LogP contribution in [-0.4, -0.2) is 9.65 Å². The van der Waals surface area contributed by atoms with Crippen molar-refractivity contribution in [3.63, 3.8) is 0 Å². The van der Waals surface area contributed by atoms with Crippen LogP contribution in [0.15, 0.2) is 0 Å². The molecule has 6 atom stereocenters. The van der Waals surface area contributed by atoms with E-state index in [0.717, 1.165) is 33.3 Å². The van der Waals surface area contributed by atoms with Crippen molar-refractivity contribution < 1.29 is 0 Å². The molecular formula is C7H8Br2. The van der Waals surface area contributed by atoms with Crippen LogP contribution in [0.5, 0.6) is 0 Å². The van der Waals surface area contributed by atoms with E-state index in [-0.39, 0.29) is 0 Å². The predicted octanol–water partition coefficient (Wildman–Crippen LogP) is 2.41. The Morgan fingerprint density at radius 2 is 1.44 bits per heavy atom. The zero-order chi connectivity index (χ0) is 6.17. The molecule has 0 aromatic carbocycles. The van der Waals surface area contributed by atoms with Crippen LogP contribution in [0.4, 0.5) is 0 Å². The van der Waals surface area contributed by atoms with Crippen LogP contribution in [0.3, 0.4) is 0 Å². The van der Waals surface area contributed by atoms with Gasteiger partial charge in [0.1, 0.15) is 0 Å². The van der Waals surface area contributed by atoms with E-state index < -0.39 is 0 Å². The van der Waals surface area contributed by atoms with Crippen molar-refractivity contribution in [2.24, 2.45) is 23.7 Å². The van der Waals surface area contributed by atoms with Crippen molar-refractivity contribution in [2.75, 3.05) is 0 Å². The van der Waals surface area contributed by atoms with E-state index in [1.165, 1.54) is 6.42 Å². The summed E-state index contributed by atoms with van der Waals surface area (Å²) in [5.41, 5.74) is 0. The normalized spacial score (nSPS) is 75.3. The molecule has 4 saturated carbocycles. The zero-order valence-corrected chi connectivity index (χ0v) is 8.10. The Labute approximate surface area is 71.6 Å². The van der Waals surface area contributed by atoms with Crippen LogP contribution in [-0.2, 0) is 0 Å². The van der Waals surface area contributed by atoms with Gasteiger partial charge in [0.2, 0.25) is 0 Å². The van der Waals surface area contributed by atoms with Crippen LogP contribution in [0, 0.1) is 23.7 Å². The minimum Gasteiger partial charge on any atom is -0.0884 e. The first-order valence-electron chi connectivity index (χ1n) is 3.59. The third kappa shape index (κ3) is 0.453. The topological polar surface area (TPSA) is 0 Å². The molecule has 2 heteroatoms. The maximum absolute atomic E-state index is 3.76. The Morgan fingerprint density at radius 1 is 0.889 bits per heavy atom. The van der Waals surface area contributed by atoms with Gasteiger partial charge in [-0.05, 0) is 30.1 Å². The van der Waals surface area contributed by atoms with Gasteiger partial charge in [0, 0.05) is 9.65 Å². The standard InChI is InChI=1S/C7H8Br2/c8-6-3-1-2-4(6)5(2)7(3)9/h2-7H,1H2/t2?,3?,4-,5+,6-,7+. The van der Waals surface area contributed by atoms with E-state index in [4.69, 9.17) is 0 Å². The molecular weight excluding hydrogens is 244 g/mol. The first-order chi connectivity index (χ1) is 4.30. The first kappa shape index (κ1) is 5.59. The number of hydrogen-bond acceptors (Lipinski definition) is 0. The summed E-state index contributed by atoms with van der Waals surface area (Å²) < 4.78 is 0. The van der Waals surface area contributed by atoms with Gasteiger partial charge in [0.25, 0.3) is 0 Å². The molecule has 0 heterocycles. The van der Waals surface area contributed by atoms with Crippen molar-refractivity contribution in [3.05, 3.63) is 0 Å². The van der Waals surface area contributed by atoms with Gasteiger partial charge in [0.15, 0.2) is 0 Å². The van der Waals surface area contributed by atoms with E-state index in [1.807, 2.05) is 0 Å². The van der Waals surface area contributed by atoms with Crippen LogP contribution >= 0.6 is 31.9 Å². The van der Waals surface area contributed by atoms with E-state index in [0.29, 0.717) is 0 Å². The first-order valence-corrected chi connectivity index (χ1v) is 5.42. The second-order valence-electron chi connectivity index (χ2n) is 3.61. The molecule has 0 N–H and O–H groups in total. The number of rotatable bonds is 0. The Kier molecular flexibility index (Phi) is 0.885. The van der Waals surface area contributed by atoms with Crippen molar-refractivity contribution in [2.45, 2.75) is 16.1 Å². The van der Waals surface area contributed by atoms with Crippen molar-refractivity contribution in [1.29, 1.82) is 0 Å². The van der Waals surface area contributed by atoms with E-state index >= 15 is 0 Å². The fraction of sp³-hybridized carbons (Fsp3) is 1.00. The van der Waals surface area contributed by atoms with Crippen LogP contribution < -0.4 is 0 Å². The molecule has 9 heavy (non-hydrogen) atoms. The molecule has 0 aliphatic heterocycles. The Hall–Kier alpha value is 0.960. The molecule has 0 nitrogen and oxygen atoms in total. The number of hydrogen-bond donors (Lipinski definition) is 0. The lowest BCUT2D eigenvalue weighted by Crippen LogP contribution is -2.09. The molecule has 0 amide bonds. The van der Waals surface area contributed by atoms with Crippen LogP contribution in [0.25, 0.3) is 0 Å². The van der Waals surface area contributed by atoms with Crippen LogP contribution in [0.2, 0.25) is 0 Å². The average molecular weight is 252 g/mol. The largest absolute Gasteiger partial charge is 0.0884 e. The summed E-state index contributed by atoms with van der Waals surface area (Å²) in [4.78, 5) is 1.74. The lowest BCUT2D eigenvalue weighted by molar-refractivity contribution is 0.638. The van der Waals surface area contributed by atoms with Gasteiger partial charge in [-0.15, -0.1) is 0 Å². The van der Waals surface area contributed by atoms with Gasteiger partial charge >= 0.3 is 0 Å². The summed E-state index contributed by atoms with van der Waals surface area (Å²) in [7, 11) is 0. The summed E-state index contributed by atoms with van der Waals surface area (Å²) in [6.07, 6.45) is 1.50. The molecule has 4 aliphatic carbocycles. The number of halogens is 2. The van der Waals surface area contributed by atoms with Gasteiger partial charge in [-0.25, -0.2) is 0 Å². The minimum absolute atomic E-state index is 0.872. The molecule has 4 aliphatic rings. The zero-order valence-electron chi connectivity index (χ0n) is 4.93. The molecule has 4 bridgehead atoms. The highest BCUT2D eigenvalue weighted by Gasteiger charge is 2.72. The summed E-state index contributed by atoms with van der Waals surface area (Å²) >= 11 is 7.53. The SMILES string of the molecule is Br[C@@H]1C2CC3[C@@H]1[C@H]3[C@H]2Br. The van der Waals surface area contributed by atoms with Gasteiger partial charge in [-0.2, -0.15) is 0 Å². The molecule has 0 aromatic rings. The van der Waals surface area contributed by atoms with Crippen molar-refractivity contribution in [1.82, 2.24) is 0 Å². The summed E-state index contributed by atoms with van der Waals surface area (Å²) in [6.45, 7) is 0. The van der Waals surface area contributed by atoms with E-state index in [2.05, 4.69) is 31.9 Å². The molecule has 0 saturated heterocycles. The van der Waals surface area contributed by atoms with Gasteiger partial charge in [-0.1, -0.05) is 31.9 Å². The lowest BCUT2D eigenvalue weighted by atomic mass is 10.1. The highest BCUT2D eigenvalue weighted by Crippen LogP contribution is 2.74. The molecule has 4 rings (SSSR count). The summed E-state index contributed by atoms with van der Waals surface area (Å²) in [5, 5.41) is 0. The van der Waals surface area contributed by atoms with E-state index in [9.17, 15) is 0 Å². The quantitative estimate of drug-likeness (QED) is 0.580. The van der Waals surface area contributed by atoms with Gasteiger partial charge in [0.05, 0.1) is 0 Å². The Bertz CT molecular complexity index is 148. The minimum atomic E-state index is 0.872. The highest BCUT2D eigenvalue weighted by molar-refractivity contribution is 9.10. The summed E-state index contributed by atoms with van der Waals surface area (Å²) in [5.74, 6) is 4.23. The maximum Gasteiger partial charge on any atom is 0.0219 e. The monoisotopic (exact) mass is 250 g/mol. The third-order valence-corrected chi connectivity index (χ3v) is 5.97. The predicted molar refractivity (Wildman–Crippen MR) is 44.0 cm³/mol. The molecule has 2 unspecified atom stereocenters. The molecule has 50 valence electrons. The fourth-order valence-electron chi connectivity index (χ4n) is 2.96. The third-order valence-electron chi connectivity index (χ3n) is 3.39. The molecule has 0 aromatic heterocycles. The molecule has 0 radical (unpaired) electrons. The van der Waals surface area contributed by atoms with E-state index in [1.54, 1.807) is 0 Å². The fourth-order valence-corrected chi connectivity index (χ4v) is 5.95. The second-order valence-corrected chi connectivity index (χ2v) is 5.72. The Morgan fingerprint density at radius 3 is 1.56 bits per heavy atom. The highest BCUT2D eigenvalue weighted by atomic mass is 79.9. The number of alkyl halides is 2. The Balaban J connectivity index is 2.07. The molecule has 0 spiro atoms. The average Bonchev–Trinajstić information content (AvgIpc) is 2.18.